The van der Waals surface area contributed by atoms with E-state index in [9.17, 15) is 18.4 Å². The number of nitrogen functional groups attached to an aromatic ring is 1. The Labute approximate surface area is 209 Å². The lowest BCUT2D eigenvalue weighted by atomic mass is 9.92. The second kappa shape index (κ2) is 9.23. The minimum atomic E-state index is -1.29. The summed E-state index contributed by atoms with van der Waals surface area (Å²) < 4.78 is 29.7. The Morgan fingerprint density at radius 2 is 2.06 bits per heavy atom. The number of carbonyl (C=O) groups is 2. The van der Waals surface area contributed by atoms with Crippen LogP contribution in [0.15, 0.2) is 36.7 Å². The maximum Gasteiger partial charge on any atom is 0.404 e. The van der Waals surface area contributed by atoms with Gasteiger partial charge in [-0.05, 0) is 43.0 Å². The van der Waals surface area contributed by atoms with Gasteiger partial charge in [0, 0.05) is 35.1 Å². The van der Waals surface area contributed by atoms with Crippen LogP contribution >= 0.6 is 11.6 Å². The lowest BCUT2D eigenvalue weighted by molar-refractivity contribution is -0.129. The number of pyridine rings is 1. The fourth-order valence-electron chi connectivity index (χ4n) is 4.91. The minimum Gasteiger partial charge on any atom is -0.465 e. The lowest BCUT2D eigenvalue weighted by Crippen LogP contribution is -2.39. The molecule has 3 aromatic rings. The predicted octanol–water partition coefficient (Wildman–Crippen LogP) is 4.27. The average Bonchev–Trinajstić information content (AvgIpc) is 3.48. The van der Waals surface area contributed by atoms with E-state index >= 15 is 0 Å². The Kier molecular flexibility index (Phi) is 6.09. The van der Waals surface area contributed by atoms with Crippen LogP contribution in [0.4, 0.5) is 19.3 Å². The van der Waals surface area contributed by atoms with Crippen molar-refractivity contribution in [3.8, 4) is 11.3 Å². The lowest BCUT2D eigenvalue weighted by Gasteiger charge is -2.33. The van der Waals surface area contributed by atoms with Crippen molar-refractivity contribution in [1.82, 2.24) is 25.2 Å². The highest BCUT2D eigenvalue weighted by molar-refractivity contribution is 6.31. The maximum absolute atomic E-state index is 15.0. The van der Waals surface area contributed by atoms with Crippen molar-refractivity contribution in [2.75, 3.05) is 5.73 Å². The van der Waals surface area contributed by atoms with Crippen LogP contribution < -0.4 is 11.1 Å². The molecule has 1 saturated heterocycles. The zero-order chi connectivity index (χ0) is 25.6. The first-order valence-corrected chi connectivity index (χ1v) is 11.5. The second-order valence-corrected chi connectivity index (χ2v) is 9.06. The monoisotopic (exact) mass is 514 g/mol. The third-order valence-electron chi connectivity index (χ3n) is 6.53. The summed E-state index contributed by atoms with van der Waals surface area (Å²) >= 11 is 5.94. The molecule has 9 nitrogen and oxygen atoms in total. The fraction of sp³-hybridized carbons (Fsp3) is 0.250. The van der Waals surface area contributed by atoms with E-state index < -0.39 is 17.7 Å². The molecule has 2 amide bonds. The number of carbonyl (C=O) groups excluding carboxylic acids is 1. The maximum atomic E-state index is 15.0. The highest BCUT2D eigenvalue weighted by Gasteiger charge is 2.42. The van der Waals surface area contributed by atoms with Gasteiger partial charge in [0.2, 0.25) is 5.91 Å². The molecule has 0 aliphatic carbocycles. The van der Waals surface area contributed by atoms with Gasteiger partial charge in [0.25, 0.3) is 0 Å². The van der Waals surface area contributed by atoms with Crippen molar-refractivity contribution >= 4 is 34.9 Å². The number of anilines is 1. The molecule has 186 valence electrons. The number of halogens is 3. The number of hydrogen-bond donors (Lipinski definition) is 4. The fourth-order valence-corrected chi connectivity index (χ4v) is 5.07. The summed E-state index contributed by atoms with van der Waals surface area (Å²) in [5.74, 6) is -1.12. The molecule has 0 radical (unpaired) electrons. The van der Waals surface area contributed by atoms with Crippen molar-refractivity contribution in [2.24, 2.45) is 0 Å². The van der Waals surface area contributed by atoms with E-state index in [1.54, 1.807) is 4.90 Å². The van der Waals surface area contributed by atoms with Gasteiger partial charge in [0.1, 0.15) is 5.82 Å². The standard InChI is InChI=1S/C24H21ClF2N6O3/c25-14-2-3-15(28)20(22(14)27)11-7-12-1-4-18(33(12)19(34)8-11)23-30-9-16(32-23)13-5-6-29-17(21(13)26)10-31-24(35)36/h2-3,5-6,8-9,12,18,31H,1,4,7,10,28H2,(H,30,32)(H,35,36)/t12?,18-/m0/s1. The molecule has 5 rings (SSSR count). The molecule has 2 aliphatic rings. The number of aromatic amines is 1. The molecule has 2 atom stereocenters. The molecule has 1 fully saturated rings. The number of hydrogen-bond acceptors (Lipinski definition) is 5. The molecule has 0 spiro atoms. The molecule has 0 saturated carbocycles. The van der Waals surface area contributed by atoms with Crippen molar-refractivity contribution < 1.29 is 23.5 Å². The van der Waals surface area contributed by atoms with E-state index in [2.05, 4.69) is 20.3 Å². The van der Waals surface area contributed by atoms with Crippen LogP contribution in [0.25, 0.3) is 16.8 Å². The van der Waals surface area contributed by atoms with Crippen LogP contribution in [0.5, 0.6) is 0 Å². The van der Waals surface area contributed by atoms with Crippen molar-refractivity contribution in [3.63, 3.8) is 0 Å². The predicted molar refractivity (Wildman–Crippen MR) is 128 cm³/mol. The SMILES string of the molecule is Nc1ccc(Cl)c(F)c1C1=CC(=O)N2C(CC[C@H]2c2ncc(-c3ccnc(CNC(=O)O)c3F)[nH]2)C1. The van der Waals surface area contributed by atoms with Crippen LogP contribution in [0.2, 0.25) is 5.02 Å². The minimum absolute atomic E-state index is 0.0524. The van der Waals surface area contributed by atoms with Gasteiger partial charge in [-0.25, -0.2) is 18.6 Å². The zero-order valence-corrected chi connectivity index (χ0v) is 19.5. The molecule has 5 N–H and O–H groups in total. The smallest absolute Gasteiger partial charge is 0.404 e. The van der Waals surface area contributed by atoms with Gasteiger partial charge >= 0.3 is 6.09 Å². The summed E-state index contributed by atoms with van der Waals surface area (Å²) in [6, 6.07) is 3.81. The van der Waals surface area contributed by atoms with E-state index in [1.165, 1.54) is 36.7 Å². The summed E-state index contributed by atoms with van der Waals surface area (Å²) in [4.78, 5) is 37.0. The number of nitrogens with zero attached hydrogens (tertiary/aromatic N) is 3. The molecule has 12 heteroatoms. The number of amides is 2. The number of H-pyrrole nitrogens is 1. The van der Waals surface area contributed by atoms with Gasteiger partial charge in [-0.1, -0.05) is 11.6 Å². The molecule has 1 unspecified atom stereocenters. The molecule has 4 heterocycles. The van der Waals surface area contributed by atoms with E-state index in [0.717, 1.165) is 0 Å². The highest BCUT2D eigenvalue weighted by Crippen LogP contribution is 2.44. The first-order valence-electron chi connectivity index (χ1n) is 11.2. The van der Waals surface area contributed by atoms with Gasteiger partial charge in [0.05, 0.1) is 35.2 Å². The van der Waals surface area contributed by atoms with Crippen LogP contribution in [0.3, 0.4) is 0 Å². The summed E-state index contributed by atoms with van der Waals surface area (Å²) in [6.45, 7) is -0.283. The van der Waals surface area contributed by atoms with Crippen LogP contribution in [-0.2, 0) is 11.3 Å². The Balaban J connectivity index is 1.41. The Morgan fingerprint density at radius 3 is 2.83 bits per heavy atom. The molecule has 36 heavy (non-hydrogen) atoms. The molecule has 2 aliphatic heterocycles. The van der Waals surface area contributed by atoms with E-state index in [-0.39, 0.29) is 52.1 Å². The first-order chi connectivity index (χ1) is 17.2. The van der Waals surface area contributed by atoms with E-state index in [1.807, 2.05) is 0 Å². The highest BCUT2D eigenvalue weighted by atomic mass is 35.5. The normalized spacial score (nSPS) is 19.2. The zero-order valence-electron chi connectivity index (χ0n) is 18.8. The molecular formula is C24H21ClF2N6O3. The Bertz CT molecular complexity index is 1410. The summed E-state index contributed by atoms with van der Waals surface area (Å²) in [5, 5.41) is 10.8. The molecule has 0 bridgehead atoms. The van der Waals surface area contributed by atoms with Crippen molar-refractivity contribution in [2.45, 2.75) is 37.9 Å². The number of fused-ring (bicyclic) bond motifs is 1. The number of aromatic nitrogens is 3. The third-order valence-corrected chi connectivity index (χ3v) is 6.82. The number of carboxylic acid groups (broad SMARTS) is 1. The van der Waals surface area contributed by atoms with Crippen molar-refractivity contribution in [3.05, 3.63) is 70.4 Å². The van der Waals surface area contributed by atoms with E-state index in [4.69, 9.17) is 22.4 Å². The average molecular weight is 515 g/mol. The second-order valence-electron chi connectivity index (χ2n) is 8.65. The topological polar surface area (TPSA) is 137 Å². The van der Waals surface area contributed by atoms with Gasteiger partial charge in [-0.3, -0.25) is 9.78 Å². The summed E-state index contributed by atoms with van der Waals surface area (Å²) in [7, 11) is 0. The Hall–Kier alpha value is -3.99. The van der Waals surface area contributed by atoms with Gasteiger partial charge < -0.3 is 26.0 Å². The van der Waals surface area contributed by atoms with Gasteiger partial charge in [-0.2, -0.15) is 0 Å². The number of nitrogens with two attached hydrogens (primary N) is 1. The van der Waals surface area contributed by atoms with Crippen LogP contribution in [0, 0.1) is 11.6 Å². The number of rotatable bonds is 5. The van der Waals surface area contributed by atoms with Crippen LogP contribution in [0.1, 0.15) is 42.4 Å². The van der Waals surface area contributed by atoms with Crippen molar-refractivity contribution in [1.29, 1.82) is 0 Å². The van der Waals surface area contributed by atoms with E-state index in [0.29, 0.717) is 36.4 Å². The third kappa shape index (κ3) is 4.15. The number of imidazole rings is 1. The Morgan fingerprint density at radius 1 is 1.25 bits per heavy atom. The largest absolute Gasteiger partial charge is 0.465 e. The molecule has 2 aromatic heterocycles. The summed E-state index contributed by atoms with van der Waals surface area (Å²) in [6.07, 6.45) is 4.64. The quantitative estimate of drug-likeness (QED) is 0.375. The molecule has 1 aromatic carbocycles. The number of nitrogens with one attached hydrogen (secondary N) is 2. The first kappa shape index (κ1) is 23.7. The molecular weight excluding hydrogens is 494 g/mol. The van der Waals surface area contributed by atoms with Crippen LogP contribution in [-0.4, -0.2) is 43.0 Å². The number of benzene rings is 1. The summed E-state index contributed by atoms with van der Waals surface area (Å²) in [5.41, 5.74) is 7.36. The van der Waals surface area contributed by atoms with Gasteiger partial charge in [0.15, 0.2) is 11.6 Å². The van der Waals surface area contributed by atoms with Gasteiger partial charge in [-0.15, -0.1) is 0 Å².